The maximum atomic E-state index is 12.3. The summed E-state index contributed by atoms with van der Waals surface area (Å²) < 4.78 is 0. The van der Waals surface area contributed by atoms with Crippen LogP contribution < -0.4 is 5.32 Å². The minimum atomic E-state index is -0.0903. The number of carbonyl (C=O) groups excluding carboxylic acids is 1. The molecular formula is C18H17N3O. The van der Waals surface area contributed by atoms with Gasteiger partial charge in [0.25, 0.3) is 5.91 Å². The monoisotopic (exact) mass is 291 g/mol. The molecule has 0 fully saturated rings. The molecule has 1 aromatic heterocycles. The lowest BCUT2D eigenvalue weighted by Crippen LogP contribution is -2.24. The highest BCUT2D eigenvalue weighted by atomic mass is 16.1. The Kier molecular flexibility index (Phi) is 3.83. The summed E-state index contributed by atoms with van der Waals surface area (Å²) in [6.45, 7) is 4.21. The van der Waals surface area contributed by atoms with Crippen LogP contribution in [0.2, 0.25) is 0 Å². The number of nitrogens with zero attached hydrogens (tertiary/aromatic N) is 2. The molecule has 4 heteroatoms. The molecule has 110 valence electrons. The Morgan fingerprint density at radius 2 is 1.59 bits per heavy atom. The van der Waals surface area contributed by atoms with Gasteiger partial charge >= 0.3 is 0 Å². The Bertz CT molecular complexity index is 843. The number of carbonyl (C=O) groups is 1. The van der Waals surface area contributed by atoms with Crippen LogP contribution in [0.4, 0.5) is 0 Å². The first kappa shape index (κ1) is 14.2. The van der Waals surface area contributed by atoms with E-state index < -0.39 is 0 Å². The van der Waals surface area contributed by atoms with Gasteiger partial charge in [0.2, 0.25) is 0 Å². The second-order valence-corrected chi connectivity index (χ2v) is 5.24. The lowest BCUT2D eigenvalue weighted by molar-refractivity contribution is 0.0950. The van der Waals surface area contributed by atoms with E-state index >= 15 is 0 Å². The molecular weight excluding hydrogens is 274 g/mol. The lowest BCUT2D eigenvalue weighted by Gasteiger charge is -2.09. The van der Waals surface area contributed by atoms with Gasteiger partial charge < -0.3 is 5.32 Å². The third-order valence-corrected chi connectivity index (χ3v) is 3.65. The number of aromatic nitrogens is 2. The molecule has 0 aliphatic rings. The van der Waals surface area contributed by atoms with E-state index in [-0.39, 0.29) is 5.91 Å². The van der Waals surface area contributed by atoms with Crippen LogP contribution in [0.15, 0.2) is 48.5 Å². The molecule has 0 atom stereocenters. The number of benzene rings is 2. The van der Waals surface area contributed by atoms with E-state index in [2.05, 4.69) is 15.3 Å². The Hall–Kier alpha value is -2.75. The van der Waals surface area contributed by atoms with Crippen molar-refractivity contribution in [2.24, 2.45) is 0 Å². The normalized spacial score (nSPS) is 10.6. The molecule has 1 N–H and O–H groups in total. The largest absolute Gasteiger partial charge is 0.346 e. The number of nitrogens with one attached hydrogen (secondary N) is 1. The lowest BCUT2D eigenvalue weighted by atomic mass is 10.1. The SMILES string of the molecule is Cc1ccccc1C(=O)NCc1nc2ccccc2nc1C. The van der Waals surface area contributed by atoms with Crippen molar-refractivity contribution in [3.05, 3.63) is 71.0 Å². The highest BCUT2D eigenvalue weighted by Gasteiger charge is 2.10. The zero-order valence-electron chi connectivity index (χ0n) is 12.6. The van der Waals surface area contributed by atoms with Gasteiger partial charge in [0.1, 0.15) is 0 Å². The highest BCUT2D eigenvalue weighted by molar-refractivity contribution is 5.95. The second kappa shape index (κ2) is 5.93. The molecule has 0 saturated heterocycles. The van der Waals surface area contributed by atoms with Crippen molar-refractivity contribution in [1.82, 2.24) is 15.3 Å². The quantitative estimate of drug-likeness (QED) is 0.806. The van der Waals surface area contributed by atoms with E-state index in [0.29, 0.717) is 12.1 Å². The van der Waals surface area contributed by atoms with Crippen molar-refractivity contribution in [2.75, 3.05) is 0 Å². The summed E-state index contributed by atoms with van der Waals surface area (Å²) in [5, 5.41) is 2.92. The van der Waals surface area contributed by atoms with Gasteiger partial charge in [-0.1, -0.05) is 30.3 Å². The zero-order chi connectivity index (χ0) is 15.5. The first-order valence-corrected chi connectivity index (χ1v) is 7.21. The minimum Gasteiger partial charge on any atom is -0.346 e. The van der Waals surface area contributed by atoms with Gasteiger partial charge in [0.05, 0.1) is 29.0 Å². The van der Waals surface area contributed by atoms with Crippen molar-refractivity contribution in [2.45, 2.75) is 20.4 Å². The Labute approximate surface area is 129 Å². The molecule has 22 heavy (non-hydrogen) atoms. The number of hydrogen-bond acceptors (Lipinski definition) is 3. The van der Waals surface area contributed by atoms with Gasteiger partial charge in [-0.15, -0.1) is 0 Å². The summed E-state index contributed by atoms with van der Waals surface area (Å²) in [4.78, 5) is 21.4. The van der Waals surface area contributed by atoms with E-state index in [9.17, 15) is 4.79 Å². The van der Waals surface area contributed by atoms with Crippen LogP contribution in [0, 0.1) is 13.8 Å². The summed E-state index contributed by atoms with van der Waals surface area (Å²) in [5.41, 5.74) is 4.99. The topological polar surface area (TPSA) is 54.9 Å². The number of aryl methyl sites for hydroxylation is 2. The molecule has 0 radical (unpaired) electrons. The molecule has 3 aromatic rings. The molecule has 0 aliphatic heterocycles. The fourth-order valence-electron chi connectivity index (χ4n) is 2.38. The van der Waals surface area contributed by atoms with Crippen LogP contribution in [-0.4, -0.2) is 15.9 Å². The smallest absolute Gasteiger partial charge is 0.251 e. The summed E-state index contributed by atoms with van der Waals surface area (Å²) >= 11 is 0. The van der Waals surface area contributed by atoms with Crippen LogP contribution >= 0.6 is 0 Å². The van der Waals surface area contributed by atoms with Gasteiger partial charge in [0, 0.05) is 5.56 Å². The number of rotatable bonds is 3. The molecule has 0 unspecified atom stereocenters. The number of para-hydroxylation sites is 2. The van der Waals surface area contributed by atoms with Gasteiger partial charge in [-0.2, -0.15) is 0 Å². The van der Waals surface area contributed by atoms with E-state index in [1.54, 1.807) is 0 Å². The highest BCUT2D eigenvalue weighted by Crippen LogP contribution is 2.12. The summed E-state index contributed by atoms with van der Waals surface area (Å²) in [6, 6.07) is 15.3. The van der Waals surface area contributed by atoms with Crippen molar-refractivity contribution in [3.63, 3.8) is 0 Å². The second-order valence-electron chi connectivity index (χ2n) is 5.24. The Balaban J connectivity index is 1.80. The van der Waals surface area contributed by atoms with Crippen molar-refractivity contribution in [3.8, 4) is 0 Å². The molecule has 0 bridgehead atoms. The van der Waals surface area contributed by atoms with Gasteiger partial charge in [-0.3, -0.25) is 4.79 Å². The Morgan fingerprint density at radius 1 is 0.955 bits per heavy atom. The van der Waals surface area contributed by atoms with E-state index in [1.807, 2.05) is 62.4 Å². The van der Waals surface area contributed by atoms with Crippen LogP contribution in [-0.2, 0) is 6.54 Å². The molecule has 2 aromatic carbocycles. The fraction of sp³-hybridized carbons (Fsp3) is 0.167. The molecule has 0 saturated carbocycles. The average molecular weight is 291 g/mol. The van der Waals surface area contributed by atoms with Crippen LogP contribution in [0.25, 0.3) is 11.0 Å². The van der Waals surface area contributed by atoms with Gasteiger partial charge in [0.15, 0.2) is 0 Å². The average Bonchev–Trinajstić information content (AvgIpc) is 2.53. The van der Waals surface area contributed by atoms with Gasteiger partial charge in [-0.25, -0.2) is 9.97 Å². The molecule has 0 spiro atoms. The van der Waals surface area contributed by atoms with E-state index in [0.717, 1.165) is 28.0 Å². The molecule has 0 aliphatic carbocycles. The first-order chi connectivity index (χ1) is 10.6. The van der Waals surface area contributed by atoms with Crippen LogP contribution in [0.5, 0.6) is 0 Å². The molecule has 1 amide bonds. The minimum absolute atomic E-state index is 0.0903. The van der Waals surface area contributed by atoms with Crippen LogP contribution in [0.1, 0.15) is 27.3 Å². The third-order valence-electron chi connectivity index (χ3n) is 3.65. The predicted octanol–water partition coefficient (Wildman–Crippen LogP) is 3.18. The molecule has 1 heterocycles. The van der Waals surface area contributed by atoms with E-state index in [4.69, 9.17) is 0 Å². The van der Waals surface area contributed by atoms with Crippen molar-refractivity contribution >= 4 is 16.9 Å². The maximum absolute atomic E-state index is 12.3. The fourth-order valence-corrected chi connectivity index (χ4v) is 2.38. The van der Waals surface area contributed by atoms with Crippen molar-refractivity contribution in [1.29, 1.82) is 0 Å². The number of hydrogen-bond donors (Lipinski definition) is 1. The number of amides is 1. The van der Waals surface area contributed by atoms with Gasteiger partial charge in [-0.05, 0) is 37.6 Å². The molecule has 3 rings (SSSR count). The van der Waals surface area contributed by atoms with Crippen molar-refractivity contribution < 1.29 is 4.79 Å². The maximum Gasteiger partial charge on any atom is 0.251 e. The summed E-state index contributed by atoms with van der Waals surface area (Å²) in [6.07, 6.45) is 0. The number of fused-ring (bicyclic) bond motifs is 1. The van der Waals surface area contributed by atoms with Crippen LogP contribution in [0.3, 0.4) is 0 Å². The van der Waals surface area contributed by atoms with E-state index in [1.165, 1.54) is 0 Å². The summed E-state index contributed by atoms with van der Waals surface area (Å²) in [7, 11) is 0. The zero-order valence-corrected chi connectivity index (χ0v) is 12.6. The summed E-state index contributed by atoms with van der Waals surface area (Å²) in [5.74, 6) is -0.0903. The standard InChI is InChI=1S/C18H17N3O/c1-12-7-3-4-8-14(12)18(22)19-11-17-13(2)20-15-9-5-6-10-16(15)21-17/h3-10H,11H2,1-2H3,(H,19,22). The predicted molar refractivity (Wildman–Crippen MR) is 86.6 cm³/mol. The third kappa shape index (κ3) is 2.81. The Morgan fingerprint density at radius 3 is 2.32 bits per heavy atom. The first-order valence-electron chi connectivity index (χ1n) is 7.21. The molecule has 4 nitrogen and oxygen atoms in total.